The molecule has 0 saturated heterocycles. The second kappa shape index (κ2) is 7.59. The number of carbonyl (C=O) groups is 1. The molecule has 0 aliphatic heterocycles. The summed E-state index contributed by atoms with van der Waals surface area (Å²) in [7, 11) is -3.82. The molecule has 21 heavy (non-hydrogen) atoms. The van der Waals surface area contributed by atoms with Gasteiger partial charge >= 0.3 is 5.97 Å². The number of carboxylic acid groups (broad SMARTS) is 1. The van der Waals surface area contributed by atoms with Gasteiger partial charge in [-0.2, -0.15) is 4.72 Å². The number of aliphatic carboxylic acids is 1. The topological polar surface area (TPSA) is 83.5 Å². The molecule has 7 heteroatoms. The Kier molecular flexibility index (Phi) is 6.39. The van der Waals surface area contributed by atoms with Gasteiger partial charge in [-0.15, -0.1) is 0 Å². The Morgan fingerprint density at radius 1 is 1.33 bits per heavy atom. The minimum Gasteiger partial charge on any atom is -0.480 e. The lowest BCUT2D eigenvalue weighted by atomic mass is 10.1. The summed E-state index contributed by atoms with van der Waals surface area (Å²) in [4.78, 5) is 11.1. The average Bonchev–Trinajstić information content (AvgIpc) is 2.36. The first kappa shape index (κ1) is 17.7. The van der Waals surface area contributed by atoms with Crippen LogP contribution in [-0.4, -0.2) is 25.5 Å². The minimum absolute atomic E-state index is 0.0639. The van der Waals surface area contributed by atoms with Crippen molar-refractivity contribution in [2.45, 2.75) is 26.3 Å². The van der Waals surface area contributed by atoms with Gasteiger partial charge in [-0.25, -0.2) is 8.42 Å². The van der Waals surface area contributed by atoms with Gasteiger partial charge in [-0.05, 0) is 36.1 Å². The Bertz CT molecular complexity index is 608. The van der Waals surface area contributed by atoms with Crippen molar-refractivity contribution >= 4 is 33.7 Å². The van der Waals surface area contributed by atoms with Crippen molar-refractivity contribution < 1.29 is 18.3 Å². The van der Waals surface area contributed by atoms with Crippen LogP contribution in [0, 0.1) is 5.92 Å². The molecule has 0 heterocycles. The largest absolute Gasteiger partial charge is 0.480 e. The van der Waals surface area contributed by atoms with Crippen LogP contribution >= 0.6 is 11.6 Å². The SMILES string of the molecule is CC(C)CC(NS(=O)(=O)/C=C/c1ccc(Cl)cc1)C(=O)O. The fourth-order valence-electron chi connectivity index (χ4n) is 1.65. The van der Waals surface area contributed by atoms with Crippen molar-refractivity contribution in [3.8, 4) is 0 Å². The van der Waals surface area contributed by atoms with Crippen molar-refractivity contribution in [3.63, 3.8) is 0 Å². The second-order valence-corrected chi connectivity index (χ2v) is 7.07. The monoisotopic (exact) mass is 331 g/mol. The van der Waals surface area contributed by atoms with Crippen LogP contribution in [-0.2, 0) is 14.8 Å². The molecule has 0 bridgehead atoms. The first-order chi connectivity index (χ1) is 9.69. The number of hydrogen-bond donors (Lipinski definition) is 2. The fourth-order valence-corrected chi connectivity index (χ4v) is 2.78. The van der Waals surface area contributed by atoms with Gasteiger partial charge in [0.2, 0.25) is 10.0 Å². The molecule has 0 saturated carbocycles. The highest BCUT2D eigenvalue weighted by atomic mass is 35.5. The molecule has 0 spiro atoms. The third-order valence-corrected chi connectivity index (χ3v) is 3.98. The summed E-state index contributed by atoms with van der Waals surface area (Å²) >= 11 is 5.73. The number of hydrogen-bond acceptors (Lipinski definition) is 3. The van der Waals surface area contributed by atoms with E-state index in [2.05, 4.69) is 4.72 Å². The van der Waals surface area contributed by atoms with Crippen LogP contribution < -0.4 is 4.72 Å². The first-order valence-corrected chi connectivity index (χ1v) is 8.31. The molecule has 0 amide bonds. The Balaban J connectivity index is 2.80. The van der Waals surface area contributed by atoms with Crippen LogP contribution in [0.15, 0.2) is 29.7 Å². The predicted molar refractivity (Wildman–Crippen MR) is 83.4 cm³/mol. The molecule has 116 valence electrons. The van der Waals surface area contributed by atoms with E-state index in [1.165, 1.54) is 6.08 Å². The van der Waals surface area contributed by atoms with Crippen molar-refractivity contribution in [1.82, 2.24) is 4.72 Å². The highest BCUT2D eigenvalue weighted by molar-refractivity contribution is 7.92. The summed E-state index contributed by atoms with van der Waals surface area (Å²) in [6.45, 7) is 3.65. The van der Waals surface area contributed by atoms with Gasteiger partial charge in [0.15, 0.2) is 0 Å². The summed E-state index contributed by atoms with van der Waals surface area (Å²) < 4.78 is 25.9. The summed E-state index contributed by atoms with van der Waals surface area (Å²) in [6.07, 6.45) is 1.61. The molecule has 0 aromatic heterocycles. The quantitative estimate of drug-likeness (QED) is 0.804. The van der Waals surface area contributed by atoms with Crippen LogP contribution in [0.25, 0.3) is 6.08 Å². The van der Waals surface area contributed by atoms with Crippen LogP contribution in [0.1, 0.15) is 25.8 Å². The second-order valence-electron chi connectivity index (χ2n) is 5.04. The van der Waals surface area contributed by atoms with E-state index in [4.69, 9.17) is 16.7 Å². The predicted octanol–water partition coefficient (Wildman–Crippen LogP) is 2.73. The first-order valence-electron chi connectivity index (χ1n) is 6.38. The molecule has 0 aliphatic rings. The maximum atomic E-state index is 11.9. The lowest BCUT2D eigenvalue weighted by molar-refractivity contribution is -0.139. The smallest absolute Gasteiger partial charge is 0.321 e. The van der Waals surface area contributed by atoms with Crippen LogP contribution in [0.2, 0.25) is 5.02 Å². The molecular weight excluding hydrogens is 314 g/mol. The average molecular weight is 332 g/mol. The zero-order valence-corrected chi connectivity index (χ0v) is 13.4. The van der Waals surface area contributed by atoms with Gasteiger partial charge < -0.3 is 5.11 Å². The van der Waals surface area contributed by atoms with Crippen LogP contribution in [0.5, 0.6) is 0 Å². The van der Waals surface area contributed by atoms with Gasteiger partial charge in [-0.1, -0.05) is 37.6 Å². The third kappa shape index (κ3) is 6.75. The molecular formula is C14H18ClNO4S. The maximum Gasteiger partial charge on any atom is 0.321 e. The van der Waals surface area contributed by atoms with Crippen LogP contribution in [0.4, 0.5) is 0 Å². The van der Waals surface area contributed by atoms with Gasteiger partial charge in [-0.3, -0.25) is 4.79 Å². The Morgan fingerprint density at radius 2 is 1.90 bits per heavy atom. The fraction of sp³-hybridized carbons (Fsp3) is 0.357. The van der Waals surface area contributed by atoms with E-state index in [0.29, 0.717) is 10.6 Å². The lowest BCUT2D eigenvalue weighted by Gasteiger charge is -2.15. The van der Waals surface area contributed by atoms with Crippen LogP contribution in [0.3, 0.4) is 0 Å². The lowest BCUT2D eigenvalue weighted by Crippen LogP contribution is -2.40. The summed E-state index contributed by atoms with van der Waals surface area (Å²) in [5.74, 6) is -1.12. The van der Waals surface area contributed by atoms with Crippen molar-refractivity contribution in [1.29, 1.82) is 0 Å². The Labute approximate surface area is 129 Å². The number of carboxylic acids is 1. The number of benzene rings is 1. The molecule has 2 N–H and O–H groups in total. The van der Waals surface area contributed by atoms with E-state index in [-0.39, 0.29) is 12.3 Å². The highest BCUT2D eigenvalue weighted by Gasteiger charge is 2.23. The molecule has 1 rings (SSSR count). The number of rotatable bonds is 7. The highest BCUT2D eigenvalue weighted by Crippen LogP contribution is 2.12. The summed E-state index contributed by atoms with van der Waals surface area (Å²) in [6, 6.07) is 5.47. The van der Waals surface area contributed by atoms with Crippen molar-refractivity contribution in [3.05, 3.63) is 40.3 Å². The maximum absolute atomic E-state index is 11.9. The van der Waals surface area contributed by atoms with E-state index in [1.807, 2.05) is 13.8 Å². The third-order valence-electron chi connectivity index (χ3n) is 2.62. The van der Waals surface area contributed by atoms with E-state index >= 15 is 0 Å². The number of halogens is 1. The normalized spacial score (nSPS) is 13.7. The van der Waals surface area contributed by atoms with E-state index in [0.717, 1.165) is 5.41 Å². The molecule has 1 atom stereocenters. The Hall–Kier alpha value is -1.37. The molecule has 0 fully saturated rings. The van der Waals surface area contributed by atoms with Gasteiger partial charge in [0, 0.05) is 10.4 Å². The molecule has 0 radical (unpaired) electrons. The summed E-state index contributed by atoms with van der Waals surface area (Å²) in [5.41, 5.74) is 0.653. The number of sulfonamides is 1. The number of nitrogens with one attached hydrogen (secondary N) is 1. The minimum atomic E-state index is -3.82. The molecule has 0 aliphatic carbocycles. The van der Waals surface area contributed by atoms with E-state index < -0.39 is 22.0 Å². The zero-order valence-electron chi connectivity index (χ0n) is 11.8. The van der Waals surface area contributed by atoms with Gasteiger partial charge in [0.25, 0.3) is 0 Å². The molecule has 1 unspecified atom stereocenters. The molecule has 1 aromatic rings. The van der Waals surface area contributed by atoms with E-state index in [9.17, 15) is 13.2 Å². The molecule has 1 aromatic carbocycles. The Morgan fingerprint density at radius 3 is 2.38 bits per heavy atom. The summed E-state index contributed by atoms with van der Waals surface area (Å²) in [5, 5.41) is 10.5. The van der Waals surface area contributed by atoms with Crippen molar-refractivity contribution in [2.24, 2.45) is 5.92 Å². The van der Waals surface area contributed by atoms with E-state index in [1.54, 1.807) is 24.3 Å². The van der Waals surface area contributed by atoms with Gasteiger partial charge in [0.1, 0.15) is 6.04 Å². The zero-order chi connectivity index (χ0) is 16.0. The van der Waals surface area contributed by atoms with Crippen molar-refractivity contribution in [2.75, 3.05) is 0 Å². The standard InChI is InChI=1S/C14H18ClNO4S/c1-10(2)9-13(14(17)18)16-21(19,20)8-7-11-3-5-12(15)6-4-11/h3-8,10,13,16H,9H2,1-2H3,(H,17,18)/b8-7+. The molecule has 5 nitrogen and oxygen atoms in total. The van der Waals surface area contributed by atoms with Gasteiger partial charge in [0.05, 0.1) is 0 Å².